The van der Waals surface area contributed by atoms with Gasteiger partial charge in [-0.25, -0.2) is 4.79 Å². The first-order valence-corrected chi connectivity index (χ1v) is 5.96. The monoisotopic (exact) mass is 273 g/mol. The highest BCUT2D eigenvalue weighted by atomic mass is 32.2. The molecule has 10 heteroatoms. The molecule has 0 bridgehead atoms. The molecule has 16 heavy (non-hydrogen) atoms. The summed E-state index contributed by atoms with van der Waals surface area (Å²) in [5, 5.41) is -4.52. The van der Waals surface area contributed by atoms with Gasteiger partial charge in [0.25, 0.3) is 0 Å². The predicted molar refractivity (Wildman–Crippen MR) is 48.9 cm³/mol. The number of aromatic nitrogens is 1. The van der Waals surface area contributed by atoms with Gasteiger partial charge in [0.05, 0.1) is 11.7 Å². The van der Waals surface area contributed by atoms with Crippen molar-refractivity contribution >= 4 is 27.4 Å². The fourth-order valence-electron chi connectivity index (χ4n) is 0.612. The molecule has 90 valence electrons. The molecule has 1 rings (SSSR count). The van der Waals surface area contributed by atoms with Crippen LogP contribution in [0.2, 0.25) is 0 Å². The molecule has 0 saturated carbocycles. The molecule has 0 aliphatic heterocycles. The third kappa shape index (κ3) is 2.93. The standard InChI is InChI=1S/C6H5F2NO5S2/c7-6(8,16(11,12)13)2-14-5(10)4-1-9-3-15-4/h1,3H,2H2,(H,11,12,13). The summed E-state index contributed by atoms with van der Waals surface area (Å²) in [5.74, 6) is -1.13. The third-order valence-corrected chi connectivity index (χ3v) is 3.01. The SMILES string of the molecule is O=C(OCC(F)(F)S(=O)(=O)O)c1cncs1. The van der Waals surface area contributed by atoms with Crippen LogP contribution in [0.25, 0.3) is 0 Å². The maximum Gasteiger partial charge on any atom is 0.402 e. The number of nitrogens with zero attached hydrogens (tertiary/aromatic N) is 1. The predicted octanol–water partition coefficient (Wildman–Crippen LogP) is 0.780. The van der Waals surface area contributed by atoms with Crippen LogP contribution in [0.1, 0.15) is 9.67 Å². The highest BCUT2D eigenvalue weighted by Crippen LogP contribution is 2.21. The Morgan fingerprint density at radius 3 is 2.69 bits per heavy atom. The molecule has 0 aliphatic carbocycles. The van der Waals surface area contributed by atoms with E-state index >= 15 is 0 Å². The summed E-state index contributed by atoms with van der Waals surface area (Å²) in [6.07, 6.45) is 1.08. The molecule has 6 nitrogen and oxygen atoms in total. The van der Waals surface area contributed by atoms with Crippen molar-refractivity contribution in [1.29, 1.82) is 0 Å². The Morgan fingerprint density at radius 2 is 2.25 bits per heavy atom. The van der Waals surface area contributed by atoms with Crippen molar-refractivity contribution in [2.45, 2.75) is 5.25 Å². The number of esters is 1. The van der Waals surface area contributed by atoms with Crippen molar-refractivity contribution in [2.24, 2.45) is 0 Å². The molecule has 0 spiro atoms. The molecule has 0 fully saturated rings. The van der Waals surface area contributed by atoms with Crippen LogP contribution in [0.3, 0.4) is 0 Å². The Labute approximate surface area is 92.6 Å². The van der Waals surface area contributed by atoms with E-state index in [1.807, 2.05) is 0 Å². The van der Waals surface area contributed by atoms with Gasteiger partial charge in [-0.1, -0.05) is 0 Å². The fraction of sp³-hybridized carbons (Fsp3) is 0.333. The highest BCUT2D eigenvalue weighted by molar-refractivity contribution is 7.86. The fourth-order valence-corrected chi connectivity index (χ4v) is 1.33. The zero-order chi connectivity index (χ0) is 12.4. The van der Waals surface area contributed by atoms with Crippen LogP contribution in [0.5, 0.6) is 0 Å². The van der Waals surface area contributed by atoms with Gasteiger partial charge >= 0.3 is 21.3 Å². The van der Waals surface area contributed by atoms with Gasteiger partial charge in [0.15, 0.2) is 6.61 Å². The lowest BCUT2D eigenvalue weighted by Gasteiger charge is -2.12. The summed E-state index contributed by atoms with van der Waals surface area (Å²) in [6.45, 7) is -1.75. The Morgan fingerprint density at radius 1 is 1.62 bits per heavy atom. The average Bonchev–Trinajstić information content (AvgIpc) is 2.65. The number of rotatable bonds is 4. The van der Waals surface area contributed by atoms with Crippen LogP contribution < -0.4 is 0 Å². The number of alkyl halides is 2. The number of carbonyl (C=O) groups is 1. The molecule has 0 radical (unpaired) electrons. The number of carbonyl (C=O) groups excluding carboxylic acids is 1. The first kappa shape index (κ1) is 12.9. The lowest BCUT2D eigenvalue weighted by atomic mass is 10.5. The van der Waals surface area contributed by atoms with Gasteiger partial charge < -0.3 is 4.74 Å². The van der Waals surface area contributed by atoms with Gasteiger partial charge in [0.1, 0.15) is 4.88 Å². The van der Waals surface area contributed by atoms with E-state index in [1.54, 1.807) is 0 Å². The minimum Gasteiger partial charge on any atom is -0.454 e. The second kappa shape index (κ2) is 4.39. The van der Waals surface area contributed by atoms with Crippen LogP contribution in [0.4, 0.5) is 8.78 Å². The van der Waals surface area contributed by atoms with Gasteiger partial charge in [0.2, 0.25) is 0 Å². The number of ether oxygens (including phenoxy) is 1. The van der Waals surface area contributed by atoms with Crippen LogP contribution in [0, 0.1) is 0 Å². The minimum absolute atomic E-state index is 0.0499. The topological polar surface area (TPSA) is 93.6 Å². The molecular formula is C6H5F2NO5S2. The van der Waals surface area contributed by atoms with E-state index in [4.69, 9.17) is 4.55 Å². The number of hydrogen-bond donors (Lipinski definition) is 1. The molecule has 0 atom stereocenters. The van der Waals surface area contributed by atoms with Gasteiger partial charge in [-0.05, 0) is 0 Å². The molecule has 0 saturated heterocycles. The zero-order valence-corrected chi connectivity index (χ0v) is 9.09. The summed E-state index contributed by atoms with van der Waals surface area (Å²) in [7, 11) is -5.59. The molecule has 1 aromatic rings. The third-order valence-electron chi connectivity index (χ3n) is 1.38. The van der Waals surface area contributed by atoms with Crippen molar-refractivity contribution in [3.8, 4) is 0 Å². The van der Waals surface area contributed by atoms with Crippen LogP contribution >= 0.6 is 11.3 Å². The van der Waals surface area contributed by atoms with E-state index in [1.165, 1.54) is 5.51 Å². The smallest absolute Gasteiger partial charge is 0.402 e. The average molecular weight is 273 g/mol. The van der Waals surface area contributed by atoms with Crippen LogP contribution in [-0.2, 0) is 14.9 Å². The summed E-state index contributed by atoms with van der Waals surface area (Å²) < 4.78 is 57.7. The van der Waals surface area contributed by atoms with Crippen molar-refractivity contribution in [3.05, 3.63) is 16.6 Å². The van der Waals surface area contributed by atoms with E-state index in [0.29, 0.717) is 0 Å². The van der Waals surface area contributed by atoms with Crippen molar-refractivity contribution in [2.75, 3.05) is 6.61 Å². The largest absolute Gasteiger partial charge is 0.454 e. The minimum atomic E-state index is -5.59. The van der Waals surface area contributed by atoms with E-state index in [2.05, 4.69) is 9.72 Å². The number of hydrogen-bond acceptors (Lipinski definition) is 6. The Bertz CT molecular complexity index is 469. The molecule has 0 aromatic carbocycles. The molecule has 0 amide bonds. The van der Waals surface area contributed by atoms with Crippen molar-refractivity contribution < 1.29 is 31.3 Å². The quantitative estimate of drug-likeness (QED) is 0.643. The lowest BCUT2D eigenvalue weighted by molar-refractivity contribution is -0.00919. The molecule has 0 unspecified atom stereocenters. The van der Waals surface area contributed by atoms with Gasteiger partial charge in [0, 0.05) is 0 Å². The summed E-state index contributed by atoms with van der Waals surface area (Å²) >= 11 is 0.847. The maximum absolute atomic E-state index is 12.6. The number of halogens is 2. The van der Waals surface area contributed by atoms with Crippen molar-refractivity contribution in [3.63, 3.8) is 0 Å². The van der Waals surface area contributed by atoms with E-state index in [-0.39, 0.29) is 4.88 Å². The Kier molecular flexibility index (Phi) is 3.55. The van der Waals surface area contributed by atoms with E-state index in [0.717, 1.165) is 17.5 Å². The Hall–Kier alpha value is -1.13. The second-order valence-electron chi connectivity index (χ2n) is 2.55. The maximum atomic E-state index is 12.6. The summed E-state index contributed by atoms with van der Waals surface area (Å²) in [6, 6.07) is 0. The van der Waals surface area contributed by atoms with E-state index < -0.39 is 27.9 Å². The highest BCUT2D eigenvalue weighted by Gasteiger charge is 2.45. The normalized spacial score (nSPS) is 12.4. The molecule has 1 heterocycles. The van der Waals surface area contributed by atoms with Crippen molar-refractivity contribution in [1.82, 2.24) is 4.98 Å². The molecular weight excluding hydrogens is 268 g/mol. The number of thiazole rings is 1. The van der Waals surface area contributed by atoms with Gasteiger partial charge in [-0.15, -0.1) is 11.3 Å². The Balaban J connectivity index is 2.63. The first-order valence-electron chi connectivity index (χ1n) is 3.64. The summed E-state index contributed by atoms with van der Waals surface area (Å²) in [5.41, 5.74) is 1.28. The second-order valence-corrected chi connectivity index (χ2v) is 4.99. The van der Waals surface area contributed by atoms with E-state index in [9.17, 15) is 22.0 Å². The van der Waals surface area contributed by atoms with Crippen LogP contribution in [0.15, 0.2) is 11.7 Å². The molecule has 1 N–H and O–H groups in total. The van der Waals surface area contributed by atoms with Crippen LogP contribution in [-0.4, -0.2) is 35.8 Å². The molecule has 1 aromatic heterocycles. The first-order chi connectivity index (χ1) is 7.24. The molecule has 0 aliphatic rings. The zero-order valence-electron chi connectivity index (χ0n) is 7.46. The summed E-state index contributed by atoms with van der Waals surface area (Å²) in [4.78, 5) is 14.5. The lowest BCUT2D eigenvalue weighted by Crippen LogP contribution is -2.34. The van der Waals surface area contributed by atoms with Gasteiger partial charge in [-0.3, -0.25) is 9.54 Å². The van der Waals surface area contributed by atoms with Gasteiger partial charge in [-0.2, -0.15) is 17.2 Å².